The van der Waals surface area contributed by atoms with Crippen LogP contribution in [0.25, 0.3) is 0 Å². The van der Waals surface area contributed by atoms with Gasteiger partial charge in [0.05, 0.1) is 5.02 Å². The lowest BCUT2D eigenvalue weighted by Crippen LogP contribution is -2.13. The van der Waals surface area contributed by atoms with Crippen LogP contribution in [0, 0.1) is 5.92 Å². The van der Waals surface area contributed by atoms with E-state index in [2.05, 4.69) is 13.8 Å². The molecule has 0 aromatic heterocycles. The molecule has 78 valence electrons. The molecule has 0 bridgehead atoms. The van der Waals surface area contributed by atoms with Crippen LogP contribution in [-0.2, 0) is 0 Å². The lowest BCUT2D eigenvalue weighted by Gasteiger charge is -2.16. The summed E-state index contributed by atoms with van der Waals surface area (Å²) in [5.74, 6) is 0.616. The maximum atomic E-state index is 9.67. The van der Waals surface area contributed by atoms with Crippen molar-refractivity contribution in [3.63, 3.8) is 0 Å². The van der Waals surface area contributed by atoms with Crippen molar-refractivity contribution in [2.75, 3.05) is 0 Å². The van der Waals surface area contributed by atoms with Crippen molar-refractivity contribution in [2.45, 2.75) is 26.3 Å². The van der Waals surface area contributed by atoms with E-state index >= 15 is 0 Å². The fourth-order valence-electron chi connectivity index (χ4n) is 1.47. The lowest BCUT2D eigenvalue weighted by molar-refractivity contribution is 0.445. The molecule has 1 aromatic carbocycles. The zero-order valence-electron chi connectivity index (χ0n) is 8.50. The third kappa shape index (κ3) is 2.63. The number of phenolic OH excluding ortho intramolecular Hbond substituents is 1. The van der Waals surface area contributed by atoms with Crippen LogP contribution in [0.1, 0.15) is 31.9 Å². The molecule has 1 unspecified atom stereocenters. The average molecular weight is 214 g/mol. The topological polar surface area (TPSA) is 46.2 Å². The number of hydrogen-bond acceptors (Lipinski definition) is 2. The Balaban J connectivity index is 2.89. The highest BCUT2D eigenvalue weighted by Crippen LogP contribution is 2.32. The smallest absolute Gasteiger partial charge is 0.138 e. The highest BCUT2D eigenvalue weighted by atomic mass is 35.5. The van der Waals surface area contributed by atoms with E-state index in [-0.39, 0.29) is 11.8 Å². The fraction of sp³-hybridized carbons (Fsp3) is 0.455. The molecule has 1 aromatic rings. The number of hydrogen-bond donors (Lipinski definition) is 2. The summed E-state index contributed by atoms with van der Waals surface area (Å²) >= 11 is 5.79. The van der Waals surface area contributed by atoms with Crippen LogP contribution >= 0.6 is 11.6 Å². The van der Waals surface area contributed by atoms with E-state index in [1.165, 1.54) is 0 Å². The van der Waals surface area contributed by atoms with Gasteiger partial charge in [0.2, 0.25) is 0 Å². The highest BCUT2D eigenvalue weighted by molar-refractivity contribution is 6.32. The third-order valence-corrected chi connectivity index (χ3v) is 2.45. The Kier molecular flexibility index (Phi) is 3.78. The Morgan fingerprint density at radius 3 is 2.64 bits per heavy atom. The van der Waals surface area contributed by atoms with Gasteiger partial charge in [-0.05, 0) is 18.4 Å². The van der Waals surface area contributed by atoms with Gasteiger partial charge in [-0.1, -0.05) is 37.6 Å². The number of benzene rings is 1. The molecule has 3 heteroatoms. The van der Waals surface area contributed by atoms with Crippen LogP contribution in [0.3, 0.4) is 0 Å². The predicted octanol–water partition coefficient (Wildman–Crippen LogP) is 3.09. The second kappa shape index (κ2) is 4.67. The van der Waals surface area contributed by atoms with Gasteiger partial charge in [-0.15, -0.1) is 0 Å². The number of aromatic hydroxyl groups is 1. The predicted molar refractivity (Wildman–Crippen MR) is 59.5 cm³/mol. The molecule has 0 aliphatic rings. The first-order chi connectivity index (χ1) is 6.52. The SMILES string of the molecule is CC(C)CC(N)c1cccc(Cl)c1O. The minimum Gasteiger partial charge on any atom is -0.506 e. The van der Waals surface area contributed by atoms with Crippen molar-refractivity contribution >= 4 is 11.6 Å². The number of phenols is 1. The number of rotatable bonds is 3. The first-order valence-electron chi connectivity index (χ1n) is 4.75. The molecule has 1 rings (SSSR count). The highest BCUT2D eigenvalue weighted by Gasteiger charge is 2.13. The Hall–Kier alpha value is -0.730. The van der Waals surface area contributed by atoms with Gasteiger partial charge in [-0.3, -0.25) is 0 Å². The molecular weight excluding hydrogens is 198 g/mol. The molecule has 3 N–H and O–H groups in total. The maximum absolute atomic E-state index is 9.67. The Labute approximate surface area is 89.7 Å². The monoisotopic (exact) mass is 213 g/mol. The first kappa shape index (κ1) is 11.3. The second-order valence-electron chi connectivity index (χ2n) is 3.91. The molecule has 0 aliphatic carbocycles. The fourth-order valence-corrected chi connectivity index (χ4v) is 1.65. The molecular formula is C11H16ClNO. The van der Waals surface area contributed by atoms with Gasteiger partial charge < -0.3 is 10.8 Å². The van der Waals surface area contributed by atoms with E-state index in [9.17, 15) is 5.11 Å². The van der Waals surface area contributed by atoms with E-state index in [1.807, 2.05) is 6.07 Å². The molecule has 2 nitrogen and oxygen atoms in total. The molecule has 0 fully saturated rings. The number of nitrogens with two attached hydrogens (primary N) is 1. The van der Waals surface area contributed by atoms with Crippen LogP contribution in [0.4, 0.5) is 0 Å². The van der Waals surface area contributed by atoms with Gasteiger partial charge in [-0.2, -0.15) is 0 Å². The van der Waals surface area contributed by atoms with E-state index < -0.39 is 0 Å². The molecule has 0 heterocycles. The van der Waals surface area contributed by atoms with E-state index in [1.54, 1.807) is 12.1 Å². The Morgan fingerprint density at radius 1 is 1.43 bits per heavy atom. The van der Waals surface area contributed by atoms with Crippen molar-refractivity contribution in [1.82, 2.24) is 0 Å². The van der Waals surface area contributed by atoms with Crippen LogP contribution in [0.15, 0.2) is 18.2 Å². The van der Waals surface area contributed by atoms with Crippen molar-refractivity contribution in [3.8, 4) is 5.75 Å². The standard InChI is InChI=1S/C11H16ClNO/c1-7(2)6-10(13)8-4-3-5-9(12)11(8)14/h3-5,7,10,14H,6,13H2,1-2H3. The molecule has 0 amide bonds. The van der Waals surface area contributed by atoms with Crippen molar-refractivity contribution in [2.24, 2.45) is 11.7 Å². The van der Waals surface area contributed by atoms with Crippen molar-refractivity contribution in [3.05, 3.63) is 28.8 Å². The van der Waals surface area contributed by atoms with Crippen LogP contribution < -0.4 is 5.73 Å². The molecule has 0 spiro atoms. The average Bonchev–Trinajstić information content (AvgIpc) is 2.08. The largest absolute Gasteiger partial charge is 0.506 e. The van der Waals surface area contributed by atoms with Gasteiger partial charge in [-0.25, -0.2) is 0 Å². The molecule has 0 aliphatic heterocycles. The minimum atomic E-state index is -0.145. The minimum absolute atomic E-state index is 0.113. The molecule has 0 radical (unpaired) electrons. The van der Waals surface area contributed by atoms with Crippen LogP contribution in [0.2, 0.25) is 5.02 Å². The van der Waals surface area contributed by atoms with Crippen molar-refractivity contribution in [1.29, 1.82) is 0 Å². The van der Waals surface area contributed by atoms with E-state index in [0.29, 0.717) is 10.9 Å². The van der Waals surface area contributed by atoms with Crippen molar-refractivity contribution < 1.29 is 5.11 Å². The summed E-state index contributed by atoms with van der Waals surface area (Å²) in [7, 11) is 0. The van der Waals surface area contributed by atoms with Gasteiger partial charge in [0.25, 0.3) is 0 Å². The summed E-state index contributed by atoms with van der Waals surface area (Å²) in [4.78, 5) is 0. The lowest BCUT2D eigenvalue weighted by atomic mass is 9.97. The van der Waals surface area contributed by atoms with Gasteiger partial charge in [0.1, 0.15) is 5.75 Å². The third-order valence-electron chi connectivity index (χ3n) is 2.14. The summed E-state index contributed by atoms with van der Waals surface area (Å²) in [5, 5.41) is 10.0. The summed E-state index contributed by atoms with van der Waals surface area (Å²) in [5.41, 5.74) is 6.67. The second-order valence-corrected chi connectivity index (χ2v) is 4.32. The zero-order chi connectivity index (χ0) is 10.7. The zero-order valence-corrected chi connectivity index (χ0v) is 9.25. The summed E-state index contributed by atoms with van der Waals surface area (Å²) in [6.45, 7) is 4.20. The van der Waals surface area contributed by atoms with Crippen LogP contribution in [-0.4, -0.2) is 5.11 Å². The summed E-state index contributed by atoms with van der Waals surface area (Å²) in [6.07, 6.45) is 0.841. The quantitative estimate of drug-likeness (QED) is 0.811. The van der Waals surface area contributed by atoms with E-state index in [0.717, 1.165) is 12.0 Å². The Morgan fingerprint density at radius 2 is 2.07 bits per heavy atom. The summed E-state index contributed by atoms with van der Waals surface area (Å²) < 4.78 is 0. The first-order valence-corrected chi connectivity index (χ1v) is 5.13. The van der Waals surface area contributed by atoms with Gasteiger partial charge in [0, 0.05) is 11.6 Å². The molecule has 1 atom stereocenters. The number of halogens is 1. The Bertz CT molecular complexity index is 312. The van der Waals surface area contributed by atoms with Gasteiger partial charge >= 0.3 is 0 Å². The molecule has 0 saturated carbocycles. The maximum Gasteiger partial charge on any atom is 0.138 e. The normalized spacial score (nSPS) is 13.2. The van der Waals surface area contributed by atoms with Crippen LogP contribution in [0.5, 0.6) is 5.75 Å². The molecule has 14 heavy (non-hydrogen) atoms. The molecule has 0 saturated heterocycles. The van der Waals surface area contributed by atoms with Gasteiger partial charge in [0.15, 0.2) is 0 Å². The summed E-state index contributed by atoms with van der Waals surface area (Å²) in [6, 6.07) is 5.13. The van der Waals surface area contributed by atoms with E-state index in [4.69, 9.17) is 17.3 Å². The number of para-hydroxylation sites is 1.